The van der Waals surface area contributed by atoms with Crippen LogP contribution in [-0.2, 0) is 10.0 Å². The number of ketones is 1. The van der Waals surface area contributed by atoms with Crippen molar-refractivity contribution in [2.45, 2.75) is 24.2 Å². The number of sulfonamides is 1. The first kappa shape index (κ1) is 20.2. The fourth-order valence-corrected chi connectivity index (χ4v) is 4.62. The van der Waals surface area contributed by atoms with Crippen LogP contribution in [0.5, 0.6) is 5.75 Å². The molecule has 2 aromatic carbocycles. The van der Waals surface area contributed by atoms with Crippen molar-refractivity contribution in [2.75, 3.05) is 20.2 Å². The van der Waals surface area contributed by atoms with E-state index in [0.717, 1.165) is 19.3 Å². The largest absolute Gasteiger partial charge is 0.494 e. The predicted molar refractivity (Wildman–Crippen MR) is 105 cm³/mol. The molecule has 0 unspecified atom stereocenters. The SMILES string of the molecule is COc1ccc(/C=C/C(=O)c2ccc(S(=O)(=O)N3CCCCC3)cc2)cc1F. The smallest absolute Gasteiger partial charge is 0.243 e. The Balaban J connectivity index is 1.72. The number of hydrogen-bond acceptors (Lipinski definition) is 4. The van der Waals surface area contributed by atoms with Gasteiger partial charge in [0.1, 0.15) is 0 Å². The van der Waals surface area contributed by atoms with Gasteiger partial charge in [0.05, 0.1) is 12.0 Å². The summed E-state index contributed by atoms with van der Waals surface area (Å²) < 4.78 is 45.3. The van der Waals surface area contributed by atoms with E-state index in [1.54, 1.807) is 6.07 Å². The van der Waals surface area contributed by atoms with E-state index in [1.165, 1.54) is 60.0 Å². The molecule has 28 heavy (non-hydrogen) atoms. The van der Waals surface area contributed by atoms with Crippen molar-refractivity contribution in [3.8, 4) is 5.75 Å². The third kappa shape index (κ3) is 4.48. The average molecular weight is 403 g/mol. The van der Waals surface area contributed by atoms with Gasteiger partial charge in [-0.25, -0.2) is 12.8 Å². The zero-order valence-electron chi connectivity index (χ0n) is 15.6. The molecule has 0 aliphatic carbocycles. The van der Waals surface area contributed by atoms with Crippen LogP contribution in [0.4, 0.5) is 4.39 Å². The van der Waals surface area contributed by atoms with E-state index < -0.39 is 15.8 Å². The number of ether oxygens (including phenoxy) is 1. The number of rotatable bonds is 6. The molecule has 148 valence electrons. The van der Waals surface area contributed by atoms with Crippen LogP contribution in [0.2, 0.25) is 0 Å². The summed E-state index contributed by atoms with van der Waals surface area (Å²) in [6, 6.07) is 10.3. The second-order valence-electron chi connectivity index (χ2n) is 6.58. The number of carbonyl (C=O) groups excluding carboxylic acids is 1. The molecular formula is C21H22FNO4S. The summed E-state index contributed by atoms with van der Waals surface area (Å²) in [5, 5.41) is 0. The van der Waals surface area contributed by atoms with Gasteiger partial charge in [0.15, 0.2) is 17.3 Å². The Morgan fingerprint density at radius 3 is 2.36 bits per heavy atom. The maximum Gasteiger partial charge on any atom is 0.243 e. The highest BCUT2D eigenvalue weighted by molar-refractivity contribution is 7.89. The topological polar surface area (TPSA) is 63.7 Å². The van der Waals surface area contributed by atoms with E-state index in [0.29, 0.717) is 24.2 Å². The lowest BCUT2D eigenvalue weighted by Crippen LogP contribution is -2.35. The summed E-state index contributed by atoms with van der Waals surface area (Å²) in [6.07, 6.45) is 5.61. The van der Waals surface area contributed by atoms with Crippen LogP contribution >= 0.6 is 0 Å². The number of piperidine rings is 1. The standard InChI is InChI=1S/C21H22FNO4S/c1-27-21-12-6-16(15-19(21)22)5-11-20(24)17-7-9-18(10-8-17)28(25,26)23-13-3-2-4-14-23/h5-12,15H,2-4,13-14H2,1H3/b11-5+. The summed E-state index contributed by atoms with van der Waals surface area (Å²) in [5.74, 6) is -0.670. The number of allylic oxidation sites excluding steroid dienone is 1. The molecule has 0 N–H and O–H groups in total. The van der Waals surface area contributed by atoms with Gasteiger partial charge in [-0.1, -0.05) is 18.6 Å². The number of nitrogens with zero attached hydrogens (tertiary/aromatic N) is 1. The molecule has 0 aromatic heterocycles. The van der Waals surface area contributed by atoms with Crippen molar-refractivity contribution >= 4 is 21.9 Å². The summed E-state index contributed by atoms with van der Waals surface area (Å²) in [5.41, 5.74) is 0.888. The van der Waals surface area contributed by atoms with Gasteiger partial charge in [0.25, 0.3) is 0 Å². The molecule has 1 aliphatic heterocycles. The summed E-state index contributed by atoms with van der Waals surface area (Å²) in [6.45, 7) is 1.06. The van der Waals surface area contributed by atoms with E-state index in [2.05, 4.69) is 0 Å². The van der Waals surface area contributed by atoms with Crippen LogP contribution in [0.15, 0.2) is 53.4 Å². The Kier molecular flexibility index (Phi) is 6.26. The second-order valence-corrected chi connectivity index (χ2v) is 8.52. The van der Waals surface area contributed by atoms with Crippen LogP contribution < -0.4 is 4.74 Å². The van der Waals surface area contributed by atoms with E-state index in [4.69, 9.17) is 4.74 Å². The molecule has 2 aromatic rings. The highest BCUT2D eigenvalue weighted by Gasteiger charge is 2.25. The third-order valence-electron chi connectivity index (χ3n) is 4.69. The molecule has 0 amide bonds. The van der Waals surface area contributed by atoms with Crippen LogP contribution in [-0.4, -0.2) is 38.7 Å². The lowest BCUT2D eigenvalue weighted by Gasteiger charge is -2.25. The van der Waals surface area contributed by atoms with Gasteiger partial charge in [0.2, 0.25) is 10.0 Å². The average Bonchev–Trinajstić information content (AvgIpc) is 2.73. The Morgan fingerprint density at radius 2 is 1.75 bits per heavy atom. The van der Waals surface area contributed by atoms with Crippen molar-refractivity contribution in [2.24, 2.45) is 0 Å². The van der Waals surface area contributed by atoms with Gasteiger partial charge in [-0.3, -0.25) is 4.79 Å². The van der Waals surface area contributed by atoms with Crippen molar-refractivity contribution < 1.29 is 22.3 Å². The van der Waals surface area contributed by atoms with Gasteiger partial charge in [-0.15, -0.1) is 0 Å². The number of methoxy groups -OCH3 is 1. The summed E-state index contributed by atoms with van der Waals surface area (Å²) in [7, 11) is -2.14. The highest BCUT2D eigenvalue weighted by atomic mass is 32.2. The van der Waals surface area contributed by atoms with Crippen LogP contribution in [0.1, 0.15) is 35.2 Å². The number of hydrogen-bond donors (Lipinski definition) is 0. The van der Waals surface area contributed by atoms with E-state index in [1.807, 2.05) is 0 Å². The Morgan fingerprint density at radius 1 is 1.07 bits per heavy atom. The first-order valence-electron chi connectivity index (χ1n) is 9.08. The Bertz CT molecular complexity index is 978. The van der Waals surface area contributed by atoms with Crippen LogP contribution in [0, 0.1) is 5.82 Å². The lowest BCUT2D eigenvalue weighted by molar-refractivity contribution is 0.104. The monoisotopic (exact) mass is 403 g/mol. The molecule has 5 nitrogen and oxygen atoms in total. The lowest BCUT2D eigenvalue weighted by atomic mass is 10.1. The van der Waals surface area contributed by atoms with Crippen molar-refractivity contribution in [1.82, 2.24) is 4.31 Å². The van der Waals surface area contributed by atoms with E-state index in [-0.39, 0.29) is 16.4 Å². The normalized spacial score (nSPS) is 15.6. The molecule has 0 spiro atoms. The molecule has 1 fully saturated rings. The molecule has 0 saturated carbocycles. The quantitative estimate of drug-likeness (QED) is 0.542. The Labute approximate surface area is 164 Å². The molecule has 0 radical (unpaired) electrons. The second kappa shape index (κ2) is 8.67. The number of halogens is 1. The van der Waals surface area contributed by atoms with Crippen molar-refractivity contribution in [3.63, 3.8) is 0 Å². The molecular weight excluding hydrogens is 381 g/mol. The van der Waals surface area contributed by atoms with Gasteiger partial charge in [-0.2, -0.15) is 4.31 Å². The van der Waals surface area contributed by atoms with Gasteiger partial charge >= 0.3 is 0 Å². The molecule has 1 saturated heterocycles. The van der Waals surface area contributed by atoms with Crippen molar-refractivity contribution in [3.05, 3.63) is 65.5 Å². The zero-order valence-corrected chi connectivity index (χ0v) is 16.4. The first-order valence-corrected chi connectivity index (χ1v) is 10.5. The Hall–Kier alpha value is -2.51. The maximum atomic E-state index is 13.7. The van der Waals surface area contributed by atoms with Gasteiger partial charge < -0.3 is 4.74 Å². The maximum absolute atomic E-state index is 13.7. The first-order chi connectivity index (χ1) is 13.4. The fourth-order valence-electron chi connectivity index (χ4n) is 3.10. The van der Waals surface area contributed by atoms with Gasteiger partial charge in [-0.05, 0) is 60.9 Å². The van der Waals surface area contributed by atoms with E-state index in [9.17, 15) is 17.6 Å². The van der Waals surface area contributed by atoms with E-state index >= 15 is 0 Å². The molecule has 3 rings (SSSR count). The summed E-state index contributed by atoms with van der Waals surface area (Å²) >= 11 is 0. The minimum atomic E-state index is -3.52. The van der Waals surface area contributed by atoms with Crippen LogP contribution in [0.3, 0.4) is 0 Å². The zero-order chi connectivity index (χ0) is 20.1. The minimum Gasteiger partial charge on any atom is -0.494 e. The van der Waals surface area contributed by atoms with Gasteiger partial charge in [0, 0.05) is 18.7 Å². The predicted octanol–water partition coefficient (Wildman–Crippen LogP) is 3.91. The van der Waals surface area contributed by atoms with Crippen LogP contribution in [0.25, 0.3) is 6.08 Å². The molecule has 1 aliphatic rings. The highest BCUT2D eigenvalue weighted by Crippen LogP contribution is 2.22. The number of benzene rings is 2. The molecule has 1 heterocycles. The minimum absolute atomic E-state index is 0.133. The number of carbonyl (C=O) groups is 1. The third-order valence-corrected chi connectivity index (χ3v) is 6.61. The van der Waals surface area contributed by atoms with Crippen molar-refractivity contribution in [1.29, 1.82) is 0 Å². The fraction of sp³-hybridized carbons (Fsp3) is 0.286. The summed E-state index contributed by atoms with van der Waals surface area (Å²) in [4.78, 5) is 12.5. The molecule has 7 heteroatoms. The molecule has 0 bridgehead atoms. The molecule has 0 atom stereocenters.